The van der Waals surface area contributed by atoms with Gasteiger partial charge in [-0.3, -0.25) is 9.59 Å². The van der Waals surface area contributed by atoms with Crippen molar-refractivity contribution >= 4 is 34.8 Å². The average Bonchev–Trinajstić information content (AvgIpc) is 2.66. The highest BCUT2D eigenvalue weighted by molar-refractivity contribution is 6.31. The first-order valence-corrected chi connectivity index (χ1v) is 8.55. The molecule has 27 heavy (non-hydrogen) atoms. The summed E-state index contributed by atoms with van der Waals surface area (Å²) >= 11 is 5.84. The Balaban J connectivity index is 1.82. The van der Waals surface area contributed by atoms with Gasteiger partial charge < -0.3 is 10.6 Å². The zero-order valence-corrected chi connectivity index (χ0v) is 15.2. The lowest BCUT2D eigenvalue weighted by Crippen LogP contribution is -2.16. The van der Waals surface area contributed by atoms with E-state index >= 15 is 0 Å². The predicted octanol–water partition coefficient (Wildman–Crippen LogP) is 5.29. The minimum Gasteiger partial charge on any atom is -0.322 e. The third kappa shape index (κ3) is 4.51. The van der Waals surface area contributed by atoms with Gasteiger partial charge in [-0.15, -0.1) is 0 Å². The monoisotopic (exact) mass is 382 g/mol. The second kappa shape index (κ2) is 8.01. The van der Waals surface area contributed by atoms with Crippen molar-refractivity contribution in [3.63, 3.8) is 0 Å². The van der Waals surface area contributed by atoms with Crippen LogP contribution in [0.5, 0.6) is 0 Å². The number of para-hydroxylation sites is 1. The minimum absolute atomic E-state index is 0.166. The van der Waals surface area contributed by atoms with Crippen LogP contribution in [0.25, 0.3) is 0 Å². The van der Waals surface area contributed by atoms with E-state index in [1.165, 1.54) is 12.1 Å². The van der Waals surface area contributed by atoms with Crippen molar-refractivity contribution in [1.82, 2.24) is 0 Å². The number of amides is 2. The molecule has 2 amide bonds. The lowest BCUT2D eigenvalue weighted by molar-refractivity contribution is 0.101. The summed E-state index contributed by atoms with van der Waals surface area (Å²) in [5.74, 6) is -1.63. The van der Waals surface area contributed by atoms with Crippen molar-refractivity contribution < 1.29 is 14.0 Å². The molecule has 3 aromatic carbocycles. The van der Waals surface area contributed by atoms with Gasteiger partial charge in [-0.2, -0.15) is 0 Å². The molecule has 2 N–H and O–H groups in total. The minimum atomic E-state index is -0.674. The third-order valence-electron chi connectivity index (χ3n) is 3.95. The molecule has 4 nitrogen and oxygen atoms in total. The van der Waals surface area contributed by atoms with E-state index in [0.717, 1.165) is 11.6 Å². The Bertz CT molecular complexity index is 1010. The number of hydrogen-bond donors (Lipinski definition) is 2. The van der Waals surface area contributed by atoms with Crippen molar-refractivity contribution in [2.45, 2.75) is 6.92 Å². The number of carbonyl (C=O) groups is 2. The largest absolute Gasteiger partial charge is 0.322 e. The molecule has 6 heteroatoms. The van der Waals surface area contributed by atoms with Crippen LogP contribution in [0.3, 0.4) is 0 Å². The standard InChI is InChI=1S/C21H16ClFN2O2/c1-13-7-8-14(20(26)24-16-5-3-2-4-6-16)11-19(13)25-21(27)17-12-15(22)9-10-18(17)23/h2-12H,1H3,(H,24,26)(H,25,27). The molecule has 0 radical (unpaired) electrons. The fourth-order valence-electron chi connectivity index (χ4n) is 2.48. The van der Waals surface area contributed by atoms with Gasteiger partial charge in [0.2, 0.25) is 0 Å². The highest BCUT2D eigenvalue weighted by atomic mass is 35.5. The van der Waals surface area contributed by atoms with Crippen molar-refractivity contribution in [2.24, 2.45) is 0 Å². The van der Waals surface area contributed by atoms with Crippen LogP contribution in [0.1, 0.15) is 26.3 Å². The van der Waals surface area contributed by atoms with Gasteiger partial charge in [-0.25, -0.2) is 4.39 Å². The van der Waals surface area contributed by atoms with Crippen molar-refractivity contribution in [2.75, 3.05) is 10.6 Å². The van der Waals surface area contributed by atoms with Gasteiger partial charge in [0.25, 0.3) is 11.8 Å². The van der Waals surface area contributed by atoms with Gasteiger partial charge in [0.1, 0.15) is 5.82 Å². The summed E-state index contributed by atoms with van der Waals surface area (Å²) in [6.45, 7) is 1.78. The number of hydrogen-bond acceptors (Lipinski definition) is 2. The van der Waals surface area contributed by atoms with E-state index in [4.69, 9.17) is 11.6 Å². The highest BCUT2D eigenvalue weighted by Gasteiger charge is 2.15. The smallest absolute Gasteiger partial charge is 0.258 e. The average molecular weight is 383 g/mol. The van der Waals surface area contributed by atoms with Crippen molar-refractivity contribution in [3.05, 3.63) is 94.3 Å². The maximum absolute atomic E-state index is 13.9. The third-order valence-corrected chi connectivity index (χ3v) is 4.19. The highest BCUT2D eigenvalue weighted by Crippen LogP contribution is 2.21. The number of rotatable bonds is 4. The number of benzene rings is 3. The normalized spacial score (nSPS) is 10.3. The summed E-state index contributed by atoms with van der Waals surface area (Å²) in [7, 11) is 0. The first-order chi connectivity index (χ1) is 12.9. The second-order valence-electron chi connectivity index (χ2n) is 5.93. The van der Waals surface area contributed by atoms with E-state index in [-0.39, 0.29) is 16.5 Å². The molecule has 0 unspecified atom stereocenters. The quantitative estimate of drug-likeness (QED) is 0.644. The van der Waals surface area contributed by atoms with E-state index in [2.05, 4.69) is 10.6 Å². The first-order valence-electron chi connectivity index (χ1n) is 8.17. The summed E-state index contributed by atoms with van der Waals surface area (Å²) in [6.07, 6.45) is 0. The molecule has 0 spiro atoms. The zero-order chi connectivity index (χ0) is 19.4. The lowest BCUT2D eigenvalue weighted by atomic mass is 10.1. The Kier molecular flexibility index (Phi) is 5.52. The molecule has 3 aromatic rings. The summed E-state index contributed by atoms with van der Waals surface area (Å²) in [5.41, 5.74) is 2.02. The van der Waals surface area contributed by atoms with E-state index in [9.17, 15) is 14.0 Å². The van der Waals surface area contributed by atoms with Crippen LogP contribution in [-0.2, 0) is 0 Å². The van der Waals surface area contributed by atoms with Gasteiger partial charge in [-0.05, 0) is 55.0 Å². The van der Waals surface area contributed by atoms with Crippen molar-refractivity contribution in [3.8, 4) is 0 Å². The Hall–Kier alpha value is -3.18. The Morgan fingerprint density at radius 3 is 2.37 bits per heavy atom. The fourth-order valence-corrected chi connectivity index (χ4v) is 2.66. The van der Waals surface area contributed by atoms with E-state index in [1.54, 1.807) is 37.3 Å². The Morgan fingerprint density at radius 1 is 0.889 bits per heavy atom. The zero-order valence-electron chi connectivity index (χ0n) is 14.4. The Morgan fingerprint density at radius 2 is 1.63 bits per heavy atom. The van der Waals surface area contributed by atoms with Crippen LogP contribution in [0.15, 0.2) is 66.7 Å². The van der Waals surface area contributed by atoms with Gasteiger partial charge in [0.15, 0.2) is 0 Å². The van der Waals surface area contributed by atoms with Gasteiger partial charge in [0, 0.05) is 22.0 Å². The molecule has 0 aliphatic rings. The van der Waals surface area contributed by atoms with Crippen LogP contribution in [0, 0.1) is 12.7 Å². The molecule has 0 fully saturated rings. The number of aryl methyl sites for hydroxylation is 1. The van der Waals surface area contributed by atoms with Gasteiger partial charge in [-0.1, -0.05) is 35.9 Å². The lowest BCUT2D eigenvalue weighted by Gasteiger charge is -2.12. The fraction of sp³-hybridized carbons (Fsp3) is 0.0476. The molecule has 0 bridgehead atoms. The van der Waals surface area contributed by atoms with Gasteiger partial charge in [0.05, 0.1) is 5.56 Å². The number of carbonyl (C=O) groups excluding carboxylic acids is 2. The molecule has 0 saturated carbocycles. The maximum Gasteiger partial charge on any atom is 0.258 e. The summed E-state index contributed by atoms with van der Waals surface area (Å²) < 4.78 is 13.9. The maximum atomic E-state index is 13.9. The topological polar surface area (TPSA) is 58.2 Å². The van der Waals surface area contributed by atoms with E-state index in [1.807, 2.05) is 18.2 Å². The molecule has 0 heterocycles. The molecule has 0 atom stereocenters. The van der Waals surface area contributed by atoms with Crippen molar-refractivity contribution in [1.29, 1.82) is 0 Å². The first kappa shape index (κ1) is 18.6. The summed E-state index contributed by atoms with van der Waals surface area (Å²) in [5, 5.41) is 5.67. The van der Waals surface area contributed by atoms with E-state index < -0.39 is 11.7 Å². The van der Waals surface area contributed by atoms with Crippen LogP contribution in [-0.4, -0.2) is 11.8 Å². The molecule has 0 aliphatic carbocycles. The number of halogens is 2. The molecule has 0 aromatic heterocycles. The molecule has 3 rings (SSSR count). The van der Waals surface area contributed by atoms with Crippen LogP contribution >= 0.6 is 11.6 Å². The predicted molar refractivity (Wildman–Crippen MR) is 105 cm³/mol. The molecule has 0 saturated heterocycles. The number of nitrogens with one attached hydrogen (secondary N) is 2. The van der Waals surface area contributed by atoms with Gasteiger partial charge >= 0.3 is 0 Å². The van der Waals surface area contributed by atoms with E-state index in [0.29, 0.717) is 16.9 Å². The molecular formula is C21H16ClFN2O2. The molecule has 0 aliphatic heterocycles. The Labute approximate surface area is 161 Å². The van der Waals surface area contributed by atoms with Crippen LogP contribution in [0.2, 0.25) is 5.02 Å². The molecule has 136 valence electrons. The summed E-state index contributed by atoms with van der Waals surface area (Å²) in [6, 6.07) is 17.7. The van der Waals surface area contributed by atoms with Crippen LogP contribution in [0.4, 0.5) is 15.8 Å². The second-order valence-corrected chi connectivity index (χ2v) is 6.36. The molecular weight excluding hydrogens is 367 g/mol. The summed E-state index contributed by atoms with van der Waals surface area (Å²) in [4.78, 5) is 24.8. The SMILES string of the molecule is Cc1ccc(C(=O)Nc2ccccc2)cc1NC(=O)c1cc(Cl)ccc1F. The number of anilines is 2. The van der Waals surface area contributed by atoms with Crippen LogP contribution < -0.4 is 10.6 Å².